The third-order valence-corrected chi connectivity index (χ3v) is 2.94. The number of hydrogen-bond acceptors (Lipinski definition) is 1. The van der Waals surface area contributed by atoms with Crippen molar-refractivity contribution in [2.24, 2.45) is 5.73 Å². The quantitative estimate of drug-likeness (QED) is 0.629. The molecule has 2 N–H and O–H groups in total. The molecule has 0 fully saturated rings. The van der Waals surface area contributed by atoms with Crippen molar-refractivity contribution in [3.8, 4) is 0 Å². The lowest BCUT2D eigenvalue weighted by molar-refractivity contribution is 0.100. The molecule has 3 aromatic carbocycles. The van der Waals surface area contributed by atoms with Gasteiger partial charge in [-0.1, -0.05) is 24.3 Å². The minimum Gasteiger partial charge on any atom is -0.366 e. The van der Waals surface area contributed by atoms with Crippen LogP contribution in [-0.2, 0) is 0 Å². The largest absolute Gasteiger partial charge is 0.366 e. The molecular weight excluding hydrogens is 210 g/mol. The van der Waals surface area contributed by atoms with Gasteiger partial charge in [-0.3, -0.25) is 4.79 Å². The SMILES string of the molecule is NC(=O)c1c[c]cc2cc3ccccc3cc12. The summed E-state index contributed by atoms with van der Waals surface area (Å²) in [5, 5.41) is 4.12. The molecule has 0 saturated heterocycles. The third kappa shape index (κ3) is 1.54. The van der Waals surface area contributed by atoms with Crippen molar-refractivity contribution in [3.63, 3.8) is 0 Å². The van der Waals surface area contributed by atoms with Crippen molar-refractivity contribution in [3.05, 3.63) is 60.2 Å². The number of carbonyl (C=O) groups is 1. The predicted octanol–water partition coefficient (Wildman–Crippen LogP) is 2.89. The van der Waals surface area contributed by atoms with E-state index in [-0.39, 0.29) is 0 Å². The van der Waals surface area contributed by atoms with E-state index in [1.807, 2.05) is 42.5 Å². The smallest absolute Gasteiger partial charge is 0.249 e. The van der Waals surface area contributed by atoms with Gasteiger partial charge in [-0.05, 0) is 51.9 Å². The molecule has 3 aromatic rings. The van der Waals surface area contributed by atoms with Gasteiger partial charge in [0, 0.05) is 5.56 Å². The average Bonchev–Trinajstić information content (AvgIpc) is 2.35. The maximum absolute atomic E-state index is 11.4. The van der Waals surface area contributed by atoms with Crippen LogP contribution in [0.4, 0.5) is 0 Å². The van der Waals surface area contributed by atoms with Gasteiger partial charge in [0.2, 0.25) is 5.91 Å². The second kappa shape index (κ2) is 3.59. The minimum atomic E-state index is -0.415. The molecule has 1 amide bonds. The highest BCUT2D eigenvalue weighted by molar-refractivity contribution is 6.10. The Morgan fingerprint density at radius 2 is 1.71 bits per heavy atom. The summed E-state index contributed by atoms with van der Waals surface area (Å²) in [6, 6.07) is 18.6. The molecule has 3 rings (SSSR count). The van der Waals surface area contributed by atoms with E-state index in [0.29, 0.717) is 5.56 Å². The van der Waals surface area contributed by atoms with Crippen LogP contribution < -0.4 is 5.73 Å². The van der Waals surface area contributed by atoms with Gasteiger partial charge in [0.1, 0.15) is 0 Å². The van der Waals surface area contributed by atoms with Crippen LogP contribution in [0.2, 0.25) is 0 Å². The van der Waals surface area contributed by atoms with Crippen molar-refractivity contribution in [2.45, 2.75) is 0 Å². The number of fused-ring (bicyclic) bond motifs is 2. The van der Waals surface area contributed by atoms with Crippen LogP contribution in [0.25, 0.3) is 21.5 Å². The van der Waals surface area contributed by atoms with Crippen molar-refractivity contribution in [2.75, 3.05) is 0 Å². The van der Waals surface area contributed by atoms with Gasteiger partial charge < -0.3 is 5.73 Å². The van der Waals surface area contributed by atoms with Crippen molar-refractivity contribution in [1.82, 2.24) is 0 Å². The summed E-state index contributed by atoms with van der Waals surface area (Å²) in [4.78, 5) is 11.4. The van der Waals surface area contributed by atoms with Gasteiger partial charge >= 0.3 is 0 Å². The van der Waals surface area contributed by atoms with Crippen LogP contribution in [0.3, 0.4) is 0 Å². The standard InChI is InChI=1S/C15H10NO/c16-15(17)13-7-3-6-12-8-10-4-1-2-5-11(10)9-14(12)13/h1-2,4-9H,(H2,16,17). The van der Waals surface area contributed by atoms with Crippen molar-refractivity contribution in [1.29, 1.82) is 0 Å². The Hall–Kier alpha value is -2.35. The van der Waals surface area contributed by atoms with E-state index >= 15 is 0 Å². The Morgan fingerprint density at radius 3 is 2.41 bits per heavy atom. The number of carbonyl (C=O) groups excluding carboxylic acids is 1. The van der Waals surface area contributed by atoms with Gasteiger partial charge in [-0.25, -0.2) is 0 Å². The lowest BCUT2D eigenvalue weighted by atomic mass is 9.99. The zero-order valence-corrected chi connectivity index (χ0v) is 9.10. The molecule has 0 saturated carbocycles. The van der Waals surface area contributed by atoms with Gasteiger partial charge in [0.15, 0.2) is 0 Å². The van der Waals surface area contributed by atoms with Crippen LogP contribution >= 0.6 is 0 Å². The second-order valence-corrected chi connectivity index (χ2v) is 4.02. The first-order chi connectivity index (χ1) is 8.25. The van der Waals surface area contributed by atoms with E-state index in [9.17, 15) is 4.79 Å². The zero-order chi connectivity index (χ0) is 11.8. The monoisotopic (exact) mass is 220 g/mol. The molecule has 1 radical (unpaired) electrons. The summed E-state index contributed by atoms with van der Waals surface area (Å²) in [5.74, 6) is -0.415. The topological polar surface area (TPSA) is 43.1 Å². The molecule has 0 atom stereocenters. The predicted molar refractivity (Wildman–Crippen MR) is 68.8 cm³/mol. The molecule has 0 aliphatic carbocycles. The molecular formula is C15H10NO. The number of primary amides is 1. The first-order valence-corrected chi connectivity index (χ1v) is 5.38. The number of nitrogens with two attached hydrogens (primary N) is 1. The number of benzene rings is 3. The Morgan fingerprint density at radius 1 is 1.00 bits per heavy atom. The van der Waals surface area contributed by atoms with Crippen molar-refractivity contribution >= 4 is 27.5 Å². The molecule has 17 heavy (non-hydrogen) atoms. The molecule has 81 valence electrons. The Bertz CT molecular complexity index is 731. The fourth-order valence-corrected chi connectivity index (χ4v) is 2.11. The third-order valence-electron chi connectivity index (χ3n) is 2.94. The molecule has 0 aromatic heterocycles. The molecule has 2 nitrogen and oxygen atoms in total. The first kappa shape index (κ1) is 9.85. The summed E-state index contributed by atoms with van der Waals surface area (Å²) in [6.07, 6.45) is 0. The van der Waals surface area contributed by atoms with E-state index in [0.717, 1.165) is 21.5 Å². The highest BCUT2D eigenvalue weighted by Gasteiger charge is 2.06. The molecule has 0 aliphatic rings. The number of amides is 1. The normalized spacial score (nSPS) is 10.8. The lowest BCUT2D eigenvalue weighted by Gasteiger charge is -2.05. The molecule has 2 heteroatoms. The Kier molecular flexibility index (Phi) is 2.08. The maximum atomic E-state index is 11.4. The zero-order valence-electron chi connectivity index (χ0n) is 9.10. The first-order valence-electron chi connectivity index (χ1n) is 5.38. The summed E-state index contributed by atoms with van der Waals surface area (Å²) in [7, 11) is 0. The van der Waals surface area contributed by atoms with Gasteiger partial charge in [-0.2, -0.15) is 0 Å². The van der Waals surface area contributed by atoms with E-state index < -0.39 is 5.91 Å². The minimum absolute atomic E-state index is 0.415. The Balaban J connectivity index is 2.47. The van der Waals surface area contributed by atoms with Crippen molar-refractivity contribution < 1.29 is 4.79 Å². The highest BCUT2D eigenvalue weighted by atomic mass is 16.1. The van der Waals surface area contributed by atoms with Gasteiger partial charge in [-0.15, -0.1) is 0 Å². The number of hydrogen-bond donors (Lipinski definition) is 1. The van der Waals surface area contributed by atoms with Crippen LogP contribution in [0.15, 0.2) is 48.5 Å². The van der Waals surface area contributed by atoms with Crippen LogP contribution in [0.5, 0.6) is 0 Å². The lowest BCUT2D eigenvalue weighted by Crippen LogP contribution is -2.11. The summed E-state index contributed by atoms with van der Waals surface area (Å²) in [5.41, 5.74) is 5.89. The second-order valence-electron chi connectivity index (χ2n) is 4.02. The fraction of sp³-hybridized carbons (Fsp3) is 0. The van der Waals surface area contributed by atoms with Crippen LogP contribution in [0.1, 0.15) is 10.4 Å². The molecule has 0 bridgehead atoms. The average molecular weight is 220 g/mol. The molecule has 0 heterocycles. The fourth-order valence-electron chi connectivity index (χ4n) is 2.11. The van der Waals surface area contributed by atoms with Gasteiger partial charge in [0.25, 0.3) is 0 Å². The number of rotatable bonds is 1. The van der Waals surface area contributed by atoms with Crippen LogP contribution in [0, 0.1) is 6.07 Å². The van der Waals surface area contributed by atoms with E-state index in [1.165, 1.54) is 0 Å². The van der Waals surface area contributed by atoms with Gasteiger partial charge in [0.05, 0.1) is 0 Å². The van der Waals surface area contributed by atoms with E-state index in [4.69, 9.17) is 5.73 Å². The molecule has 0 aliphatic heterocycles. The molecule has 0 unspecified atom stereocenters. The Labute approximate surface area is 98.7 Å². The molecule has 0 spiro atoms. The highest BCUT2D eigenvalue weighted by Crippen LogP contribution is 2.24. The summed E-state index contributed by atoms with van der Waals surface area (Å²) >= 11 is 0. The van der Waals surface area contributed by atoms with Crippen LogP contribution in [-0.4, -0.2) is 5.91 Å². The van der Waals surface area contributed by atoms with E-state index in [1.54, 1.807) is 6.07 Å². The van der Waals surface area contributed by atoms with E-state index in [2.05, 4.69) is 6.07 Å². The maximum Gasteiger partial charge on any atom is 0.249 e. The summed E-state index contributed by atoms with van der Waals surface area (Å²) < 4.78 is 0. The summed E-state index contributed by atoms with van der Waals surface area (Å²) in [6.45, 7) is 0.